The minimum atomic E-state index is -0.192. The van der Waals surface area contributed by atoms with E-state index in [0.29, 0.717) is 5.84 Å². The Balaban J connectivity index is 1.95. The van der Waals surface area contributed by atoms with Crippen molar-refractivity contribution in [1.29, 1.82) is 0 Å². The lowest BCUT2D eigenvalue weighted by molar-refractivity contribution is 0.304. The summed E-state index contributed by atoms with van der Waals surface area (Å²) in [4.78, 5) is 0. The summed E-state index contributed by atoms with van der Waals surface area (Å²) in [6.07, 6.45) is 7.46. The minimum absolute atomic E-state index is 0.192. The van der Waals surface area contributed by atoms with Gasteiger partial charge >= 0.3 is 0 Å². The van der Waals surface area contributed by atoms with E-state index in [0.717, 1.165) is 38.3 Å². The van der Waals surface area contributed by atoms with Crippen LogP contribution >= 0.6 is 0 Å². The van der Waals surface area contributed by atoms with Gasteiger partial charge in [0.05, 0.1) is 0 Å². The Bertz CT molecular complexity index is 247. The fraction of sp³-hybridized carbons (Fsp3) is 0.923. The number of hydrogen-bond acceptors (Lipinski definition) is 3. The van der Waals surface area contributed by atoms with Gasteiger partial charge in [-0.1, -0.05) is 38.3 Å². The quantitative estimate of drug-likeness (QED) is 0.191. The molecule has 0 aromatic heterocycles. The fourth-order valence-corrected chi connectivity index (χ4v) is 1.92. The lowest BCUT2D eigenvalue weighted by Gasteiger charge is -2.22. The molecule has 0 aliphatic heterocycles. The summed E-state index contributed by atoms with van der Waals surface area (Å²) in [6, 6.07) is 0. The molecule has 0 unspecified atom stereocenters. The third-order valence-corrected chi connectivity index (χ3v) is 3.63. The van der Waals surface area contributed by atoms with Crippen molar-refractivity contribution in [2.75, 3.05) is 13.1 Å². The number of nitrogens with two attached hydrogens (primary N) is 1. The normalized spacial score (nSPS) is 17.4. The maximum absolute atomic E-state index is 8.65. The molecular formula is C13H27N3O. The molecule has 0 radical (unpaired) electrons. The molecule has 0 heterocycles. The summed E-state index contributed by atoms with van der Waals surface area (Å²) in [7, 11) is 0. The van der Waals surface area contributed by atoms with Gasteiger partial charge in [0.25, 0.3) is 0 Å². The summed E-state index contributed by atoms with van der Waals surface area (Å²) < 4.78 is 0. The highest BCUT2D eigenvalue weighted by atomic mass is 16.4. The average Bonchev–Trinajstić information content (AvgIpc) is 3.10. The van der Waals surface area contributed by atoms with Crippen LogP contribution in [-0.2, 0) is 0 Å². The number of hydrogen-bond donors (Lipinski definition) is 3. The number of unbranched alkanes of at least 4 members (excludes halogenated alkanes) is 1. The maximum Gasteiger partial charge on any atom is 0.144 e. The molecular weight excluding hydrogens is 214 g/mol. The van der Waals surface area contributed by atoms with Gasteiger partial charge in [-0.25, -0.2) is 0 Å². The van der Waals surface area contributed by atoms with Crippen LogP contribution in [0.25, 0.3) is 0 Å². The van der Waals surface area contributed by atoms with Gasteiger partial charge in [0.2, 0.25) is 0 Å². The Labute approximate surface area is 105 Å². The van der Waals surface area contributed by atoms with Crippen molar-refractivity contribution in [3.05, 3.63) is 0 Å². The van der Waals surface area contributed by atoms with Crippen LogP contribution in [0.5, 0.6) is 0 Å². The van der Waals surface area contributed by atoms with Crippen molar-refractivity contribution in [1.82, 2.24) is 5.32 Å². The van der Waals surface area contributed by atoms with E-state index in [1.54, 1.807) is 0 Å². The van der Waals surface area contributed by atoms with Crippen molar-refractivity contribution in [2.45, 2.75) is 52.4 Å². The molecule has 4 heteroatoms. The van der Waals surface area contributed by atoms with Gasteiger partial charge in [-0.3, -0.25) is 0 Å². The number of oxime groups is 1. The van der Waals surface area contributed by atoms with Crippen LogP contribution in [0.15, 0.2) is 5.16 Å². The van der Waals surface area contributed by atoms with Gasteiger partial charge in [0, 0.05) is 5.41 Å². The van der Waals surface area contributed by atoms with E-state index < -0.39 is 0 Å². The largest absolute Gasteiger partial charge is 0.409 e. The maximum atomic E-state index is 8.65. The summed E-state index contributed by atoms with van der Waals surface area (Å²) >= 11 is 0. The molecule has 0 bridgehead atoms. The second-order valence-corrected chi connectivity index (χ2v) is 5.81. The summed E-state index contributed by atoms with van der Waals surface area (Å²) in [6.45, 7) is 6.28. The van der Waals surface area contributed by atoms with Crippen LogP contribution in [0.4, 0.5) is 0 Å². The molecule has 4 nitrogen and oxygen atoms in total. The molecule has 0 atom stereocenters. The number of nitrogens with one attached hydrogen (secondary N) is 1. The van der Waals surface area contributed by atoms with E-state index in [-0.39, 0.29) is 5.41 Å². The van der Waals surface area contributed by atoms with E-state index in [2.05, 4.69) is 10.5 Å². The molecule has 17 heavy (non-hydrogen) atoms. The summed E-state index contributed by atoms with van der Waals surface area (Å²) in [5, 5.41) is 15.2. The molecule has 1 rings (SSSR count). The van der Waals surface area contributed by atoms with E-state index >= 15 is 0 Å². The topological polar surface area (TPSA) is 70.6 Å². The van der Waals surface area contributed by atoms with E-state index in [1.807, 2.05) is 13.8 Å². The molecule has 0 amide bonds. The van der Waals surface area contributed by atoms with Gasteiger partial charge in [0.15, 0.2) is 0 Å². The van der Waals surface area contributed by atoms with Crippen molar-refractivity contribution in [2.24, 2.45) is 22.2 Å². The first-order valence-electron chi connectivity index (χ1n) is 6.75. The molecule has 1 aliphatic rings. The Hall–Kier alpha value is -0.770. The lowest BCUT2D eigenvalue weighted by atomic mass is 9.86. The Morgan fingerprint density at radius 3 is 2.65 bits per heavy atom. The van der Waals surface area contributed by atoms with E-state index in [9.17, 15) is 0 Å². The smallest absolute Gasteiger partial charge is 0.144 e. The molecule has 0 saturated heterocycles. The standard InChI is InChI=1S/C13H27N3O/c1-13(2,12(14)16-17)8-3-4-9-15-10-7-11-5-6-11/h11,15,17H,3-10H2,1-2H3,(H2,14,16). The molecule has 0 spiro atoms. The Morgan fingerprint density at radius 2 is 2.06 bits per heavy atom. The number of rotatable bonds is 9. The van der Waals surface area contributed by atoms with Gasteiger partial charge in [-0.05, 0) is 38.3 Å². The zero-order valence-electron chi connectivity index (χ0n) is 11.2. The Morgan fingerprint density at radius 1 is 1.35 bits per heavy atom. The third-order valence-electron chi connectivity index (χ3n) is 3.63. The van der Waals surface area contributed by atoms with Crippen LogP contribution in [0, 0.1) is 11.3 Å². The Kier molecular flexibility index (Phi) is 5.75. The molecule has 1 aliphatic carbocycles. The first kappa shape index (κ1) is 14.3. The lowest BCUT2D eigenvalue weighted by Crippen LogP contribution is -2.32. The zero-order valence-corrected chi connectivity index (χ0v) is 11.2. The van der Waals surface area contributed by atoms with Gasteiger partial charge in [-0.2, -0.15) is 0 Å². The predicted octanol–water partition coefficient (Wildman–Crippen LogP) is 2.32. The van der Waals surface area contributed by atoms with E-state index in [4.69, 9.17) is 10.9 Å². The minimum Gasteiger partial charge on any atom is -0.409 e. The van der Waals surface area contributed by atoms with E-state index in [1.165, 1.54) is 19.3 Å². The second kappa shape index (κ2) is 6.84. The van der Waals surface area contributed by atoms with Crippen LogP contribution in [0.2, 0.25) is 0 Å². The van der Waals surface area contributed by atoms with Gasteiger partial charge in [0.1, 0.15) is 5.84 Å². The molecule has 4 N–H and O–H groups in total. The van der Waals surface area contributed by atoms with Crippen molar-refractivity contribution < 1.29 is 5.21 Å². The van der Waals surface area contributed by atoms with Gasteiger partial charge < -0.3 is 16.3 Å². The van der Waals surface area contributed by atoms with Gasteiger partial charge in [-0.15, -0.1) is 0 Å². The average molecular weight is 241 g/mol. The number of amidine groups is 1. The van der Waals surface area contributed by atoms with Crippen LogP contribution in [0.3, 0.4) is 0 Å². The van der Waals surface area contributed by atoms with Crippen LogP contribution in [0.1, 0.15) is 52.4 Å². The second-order valence-electron chi connectivity index (χ2n) is 5.81. The molecule has 100 valence electrons. The molecule has 1 fully saturated rings. The first-order valence-corrected chi connectivity index (χ1v) is 6.75. The highest BCUT2D eigenvalue weighted by Crippen LogP contribution is 2.31. The van der Waals surface area contributed by atoms with Crippen molar-refractivity contribution in [3.8, 4) is 0 Å². The third kappa shape index (κ3) is 5.91. The fourth-order valence-electron chi connectivity index (χ4n) is 1.92. The highest BCUT2D eigenvalue weighted by Gasteiger charge is 2.22. The molecule has 1 saturated carbocycles. The van der Waals surface area contributed by atoms with Crippen molar-refractivity contribution >= 4 is 5.84 Å². The number of nitrogens with zero attached hydrogens (tertiary/aromatic N) is 1. The predicted molar refractivity (Wildman–Crippen MR) is 71.3 cm³/mol. The SMILES string of the molecule is CC(C)(CCCCNCCC1CC1)C(N)=NO. The van der Waals surface area contributed by atoms with Crippen LogP contribution < -0.4 is 11.1 Å². The van der Waals surface area contributed by atoms with Crippen molar-refractivity contribution in [3.63, 3.8) is 0 Å². The summed E-state index contributed by atoms with van der Waals surface area (Å²) in [5.41, 5.74) is 5.45. The summed E-state index contributed by atoms with van der Waals surface area (Å²) in [5.74, 6) is 1.35. The zero-order chi connectivity index (χ0) is 12.7. The molecule has 0 aromatic carbocycles. The van der Waals surface area contributed by atoms with Crippen LogP contribution in [-0.4, -0.2) is 24.1 Å². The first-order chi connectivity index (χ1) is 8.06. The highest BCUT2D eigenvalue weighted by molar-refractivity contribution is 5.85. The monoisotopic (exact) mass is 241 g/mol. The molecule has 0 aromatic rings.